The topological polar surface area (TPSA) is 110 Å². The SMILES string of the molecule is COC(=O)[C@H](C)N1C(=O)S/C(=C/c2ccccc2OCc2ccc(C(=O)O)cc2)C1=O. The van der Waals surface area contributed by atoms with Crippen LogP contribution in [0.25, 0.3) is 6.08 Å². The van der Waals surface area contributed by atoms with Crippen molar-refractivity contribution in [2.45, 2.75) is 19.6 Å². The highest BCUT2D eigenvalue weighted by molar-refractivity contribution is 8.18. The number of amides is 2. The van der Waals surface area contributed by atoms with Crippen LogP contribution < -0.4 is 4.74 Å². The third kappa shape index (κ3) is 4.95. The maximum atomic E-state index is 12.7. The number of hydrogen-bond donors (Lipinski definition) is 1. The standard InChI is InChI=1S/C22H19NO7S/c1-13(21(27)29-2)23-19(24)18(31-22(23)28)11-16-5-3-4-6-17(16)30-12-14-7-9-15(10-8-14)20(25)26/h3-11,13H,12H2,1-2H3,(H,25,26)/b18-11+/t13-/m0/s1. The van der Waals surface area contributed by atoms with Crippen molar-refractivity contribution in [3.8, 4) is 5.75 Å². The first-order valence-corrected chi connectivity index (χ1v) is 10.0. The number of hydrogen-bond acceptors (Lipinski definition) is 7. The van der Waals surface area contributed by atoms with Crippen molar-refractivity contribution >= 4 is 40.9 Å². The zero-order valence-electron chi connectivity index (χ0n) is 16.7. The van der Waals surface area contributed by atoms with Gasteiger partial charge < -0.3 is 14.6 Å². The fourth-order valence-electron chi connectivity index (χ4n) is 2.87. The Morgan fingerprint density at radius 3 is 2.45 bits per heavy atom. The summed E-state index contributed by atoms with van der Waals surface area (Å²) < 4.78 is 10.5. The van der Waals surface area contributed by atoms with Gasteiger partial charge in [-0.15, -0.1) is 0 Å². The minimum atomic E-state index is -1.02. The quantitative estimate of drug-likeness (QED) is 0.513. The molecule has 0 saturated carbocycles. The number of esters is 1. The fourth-order valence-corrected chi connectivity index (χ4v) is 3.77. The van der Waals surface area contributed by atoms with Crippen LogP contribution in [0.1, 0.15) is 28.4 Å². The number of carboxylic acid groups (broad SMARTS) is 1. The van der Waals surface area contributed by atoms with E-state index in [-0.39, 0.29) is 17.1 Å². The number of aromatic carboxylic acids is 1. The number of thioether (sulfide) groups is 1. The summed E-state index contributed by atoms with van der Waals surface area (Å²) in [6.45, 7) is 1.61. The molecule has 9 heteroatoms. The molecule has 1 aliphatic rings. The van der Waals surface area contributed by atoms with Crippen molar-refractivity contribution in [1.29, 1.82) is 0 Å². The first-order valence-electron chi connectivity index (χ1n) is 9.20. The molecule has 1 heterocycles. The van der Waals surface area contributed by atoms with Crippen LogP contribution in [-0.2, 0) is 20.9 Å². The lowest BCUT2D eigenvalue weighted by molar-refractivity contribution is -0.148. The maximum Gasteiger partial charge on any atom is 0.335 e. The number of carbonyl (C=O) groups is 4. The zero-order chi connectivity index (χ0) is 22.5. The fraction of sp³-hybridized carbons (Fsp3) is 0.182. The average molecular weight is 441 g/mol. The zero-order valence-corrected chi connectivity index (χ0v) is 17.5. The Kier molecular flexibility index (Phi) is 6.76. The van der Waals surface area contributed by atoms with Gasteiger partial charge in [0.2, 0.25) is 0 Å². The molecular weight excluding hydrogens is 422 g/mol. The molecule has 2 amide bonds. The Labute approximate surface area is 182 Å². The van der Waals surface area contributed by atoms with Crippen LogP contribution in [0.15, 0.2) is 53.4 Å². The highest BCUT2D eigenvalue weighted by atomic mass is 32.2. The molecule has 2 aromatic rings. The molecule has 0 unspecified atom stereocenters. The van der Waals surface area contributed by atoms with Gasteiger partial charge in [-0.2, -0.15) is 0 Å². The van der Waals surface area contributed by atoms with E-state index in [1.807, 2.05) is 0 Å². The molecule has 1 saturated heterocycles. The Bertz CT molecular complexity index is 1060. The molecule has 0 spiro atoms. The summed E-state index contributed by atoms with van der Waals surface area (Å²) in [6, 6.07) is 12.3. The largest absolute Gasteiger partial charge is 0.488 e. The summed E-state index contributed by atoms with van der Waals surface area (Å²) in [5.41, 5.74) is 1.54. The van der Waals surface area contributed by atoms with Gasteiger partial charge in [0, 0.05) is 5.56 Å². The van der Waals surface area contributed by atoms with E-state index in [1.54, 1.807) is 36.4 Å². The number of benzene rings is 2. The van der Waals surface area contributed by atoms with E-state index < -0.39 is 29.1 Å². The number of para-hydroxylation sites is 1. The summed E-state index contributed by atoms with van der Waals surface area (Å²) >= 11 is 0.740. The van der Waals surface area contributed by atoms with Crippen molar-refractivity contribution in [3.63, 3.8) is 0 Å². The first kappa shape index (κ1) is 22.1. The molecule has 1 N–H and O–H groups in total. The molecule has 0 bridgehead atoms. The minimum Gasteiger partial charge on any atom is -0.488 e. The lowest BCUT2D eigenvalue weighted by Crippen LogP contribution is -2.42. The number of carboxylic acids is 1. The van der Waals surface area contributed by atoms with Gasteiger partial charge in [-0.25, -0.2) is 9.59 Å². The van der Waals surface area contributed by atoms with E-state index in [0.29, 0.717) is 11.3 Å². The third-order valence-corrected chi connectivity index (χ3v) is 5.44. The molecule has 160 valence electrons. The number of rotatable bonds is 7. The lowest BCUT2D eigenvalue weighted by atomic mass is 10.1. The van der Waals surface area contributed by atoms with Gasteiger partial charge in [0.25, 0.3) is 11.1 Å². The molecule has 0 aliphatic carbocycles. The van der Waals surface area contributed by atoms with Gasteiger partial charge in [0.1, 0.15) is 18.4 Å². The van der Waals surface area contributed by atoms with Crippen LogP contribution in [0.4, 0.5) is 4.79 Å². The molecule has 2 aromatic carbocycles. The molecule has 31 heavy (non-hydrogen) atoms. The monoisotopic (exact) mass is 441 g/mol. The number of nitrogens with zero attached hydrogens (tertiary/aromatic N) is 1. The highest BCUT2D eigenvalue weighted by Crippen LogP contribution is 2.35. The minimum absolute atomic E-state index is 0.169. The lowest BCUT2D eigenvalue weighted by Gasteiger charge is -2.18. The number of imide groups is 1. The molecule has 1 fully saturated rings. The maximum absolute atomic E-state index is 12.7. The summed E-state index contributed by atoms with van der Waals surface area (Å²) in [7, 11) is 1.19. The second kappa shape index (κ2) is 9.48. The number of carbonyl (C=O) groups excluding carboxylic acids is 3. The predicted octanol–water partition coefficient (Wildman–Crippen LogP) is 3.56. The second-order valence-electron chi connectivity index (χ2n) is 6.58. The van der Waals surface area contributed by atoms with Crippen LogP contribution in [-0.4, -0.2) is 46.2 Å². The van der Waals surface area contributed by atoms with E-state index in [1.165, 1.54) is 32.2 Å². The number of ether oxygens (including phenoxy) is 2. The van der Waals surface area contributed by atoms with Crippen LogP contribution in [0.2, 0.25) is 0 Å². The summed E-state index contributed by atoms with van der Waals surface area (Å²) in [5.74, 6) is -1.78. The second-order valence-corrected chi connectivity index (χ2v) is 7.57. The molecular formula is C22H19NO7S. The molecule has 1 aliphatic heterocycles. The highest BCUT2D eigenvalue weighted by Gasteiger charge is 2.41. The van der Waals surface area contributed by atoms with E-state index in [4.69, 9.17) is 9.84 Å². The first-order chi connectivity index (χ1) is 14.8. The normalized spacial score (nSPS) is 15.8. The van der Waals surface area contributed by atoms with Crippen LogP contribution >= 0.6 is 11.8 Å². The van der Waals surface area contributed by atoms with E-state index >= 15 is 0 Å². The van der Waals surface area contributed by atoms with Gasteiger partial charge in [-0.3, -0.25) is 14.5 Å². The van der Waals surface area contributed by atoms with Gasteiger partial charge >= 0.3 is 11.9 Å². The molecule has 1 atom stereocenters. The Morgan fingerprint density at radius 2 is 1.81 bits per heavy atom. The van der Waals surface area contributed by atoms with Crippen molar-refractivity contribution in [2.75, 3.05) is 7.11 Å². The van der Waals surface area contributed by atoms with Crippen molar-refractivity contribution in [1.82, 2.24) is 4.90 Å². The Balaban J connectivity index is 1.78. The van der Waals surface area contributed by atoms with Gasteiger partial charge in [0.05, 0.1) is 17.6 Å². The van der Waals surface area contributed by atoms with E-state index in [2.05, 4.69) is 4.74 Å². The molecule has 0 radical (unpaired) electrons. The summed E-state index contributed by atoms with van der Waals surface area (Å²) in [5, 5.41) is 8.42. The van der Waals surface area contributed by atoms with E-state index in [9.17, 15) is 19.2 Å². The molecule has 3 rings (SSSR count). The van der Waals surface area contributed by atoms with Gasteiger partial charge in [-0.1, -0.05) is 30.3 Å². The Morgan fingerprint density at radius 1 is 1.13 bits per heavy atom. The predicted molar refractivity (Wildman–Crippen MR) is 113 cm³/mol. The third-order valence-electron chi connectivity index (χ3n) is 4.55. The molecule has 8 nitrogen and oxygen atoms in total. The smallest absolute Gasteiger partial charge is 0.335 e. The summed E-state index contributed by atoms with van der Waals surface area (Å²) in [4.78, 5) is 48.7. The van der Waals surface area contributed by atoms with Gasteiger partial charge in [0.15, 0.2) is 0 Å². The van der Waals surface area contributed by atoms with E-state index in [0.717, 1.165) is 22.2 Å². The van der Waals surface area contributed by atoms with Crippen molar-refractivity contribution in [2.24, 2.45) is 0 Å². The van der Waals surface area contributed by atoms with Gasteiger partial charge in [-0.05, 0) is 48.5 Å². The number of methoxy groups -OCH3 is 1. The average Bonchev–Trinajstić information content (AvgIpc) is 3.05. The Hall–Kier alpha value is -3.59. The van der Waals surface area contributed by atoms with Crippen molar-refractivity contribution in [3.05, 3.63) is 70.1 Å². The van der Waals surface area contributed by atoms with Crippen LogP contribution in [0.5, 0.6) is 5.75 Å². The van der Waals surface area contributed by atoms with Crippen LogP contribution in [0, 0.1) is 0 Å². The summed E-state index contributed by atoms with van der Waals surface area (Å²) in [6.07, 6.45) is 1.54. The molecule has 0 aromatic heterocycles. The van der Waals surface area contributed by atoms with Crippen molar-refractivity contribution < 1.29 is 33.8 Å². The van der Waals surface area contributed by atoms with Crippen LogP contribution in [0.3, 0.4) is 0 Å².